The Labute approximate surface area is 86.8 Å². The van der Waals surface area contributed by atoms with E-state index in [1.165, 1.54) is 0 Å². The number of hydrogen-bond donors (Lipinski definition) is 2. The molecule has 2 N–H and O–H groups in total. The molecule has 0 aliphatic heterocycles. The van der Waals surface area contributed by atoms with Crippen LogP contribution in [-0.2, 0) is 0 Å². The number of H-pyrrole nitrogens is 2. The summed E-state index contributed by atoms with van der Waals surface area (Å²) in [5.41, 5.74) is 0. The van der Waals surface area contributed by atoms with E-state index in [4.69, 9.17) is 0 Å². The summed E-state index contributed by atoms with van der Waals surface area (Å²) in [4.78, 5) is 12.8. The Hall–Kier alpha value is -0.580. The zero-order valence-corrected chi connectivity index (χ0v) is 8.36. The second-order valence-corrected chi connectivity index (χ2v) is 1.52. The first-order valence-electron chi connectivity index (χ1n) is 2.85. The molecule has 0 saturated heterocycles. The quantitative estimate of drug-likeness (QED) is 0.548. The van der Waals surface area contributed by atoms with Crippen molar-refractivity contribution in [2.24, 2.45) is 0 Å². The van der Waals surface area contributed by atoms with Crippen LogP contribution < -0.4 is 0 Å². The predicted octanol–water partition coefficient (Wildman–Crippen LogP) is 0.439. The molecule has 5 heteroatoms. The number of imidazole rings is 2. The maximum absolute atomic E-state index is 3.67. The molecule has 0 amide bonds. The van der Waals surface area contributed by atoms with Crippen molar-refractivity contribution in [2.75, 3.05) is 0 Å². The molecule has 0 aliphatic rings. The fourth-order valence-corrected chi connectivity index (χ4v) is 0.430. The first-order valence-corrected chi connectivity index (χ1v) is 2.85. The Morgan fingerprint density at radius 3 is 1.36 bits per heavy atom. The van der Waals surface area contributed by atoms with E-state index in [2.05, 4.69) is 19.9 Å². The van der Waals surface area contributed by atoms with Gasteiger partial charge in [0, 0.05) is 54.3 Å². The van der Waals surface area contributed by atoms with Gasteiger partial charge in [0.25, 0.3) is 0 Å². The van der Waals surface area contributed by atoms with Crippen LogP contribution in [0.2, 0.25) is 0 Å². The number of rotatable bonds is 0. The van der Waals surface area contributed by atoms with Crippen LogP contribution in [0.15, 0.2) is 37.4 Å². The second-order valence-electron chi connectivity index (χ2n) is 1.52. The molecule has 0 aromatic carbocycles. The summed E-state index contributed by atoms with van der Waals surface area (Å²) in [7, 11) is 0. The summed E-state index contributed by atoms with van der Waals surface area (Å²) in [6, 6.07) is 0. The average molecular weight is 159 g/mol. The van der Waals surface area contributed by atoms with Crippen LogP contribution >= 0.6 is 0 Å². The monoisotopic (exact) mass is 159 g/mol. The molecule has 0 unspecified atom stereocenters. The Kier molecular flexibility index (Phi) is 7.13. The Balaban J connectivity index is 0.000000167. The van der Waals surface area contributed by atoms with E-state index in [0.717, 1.165) is 0 Å². The maximum Gasteiger partial charge on any atom is 0.0919 e. The molecule has 0 spiro atoms. The van der Waals surface area contributed by atoms with Gasteiger partial charge in [0.1, 0.15) is 0 Å². The van der Waals surface area contributed by atoms with Crippen LogP contribution in [-0.4, -0.2) is 49.5 Å². The largest absolute Gasteiger partial charge is 0.351 e. The van der Waals surface area contributed by atoms with E-state index < -0.39 is 0 Å². The smallest absolute Gasteiger partial charge is 0.0919 e. The minimum absolute atomic E-state index is 0. The van der Waals surface area contributed by atoms with Crippen LogP contribution in [0.3, 0.4) is 0 Å². The number of nitrogens with one attached hydrogen (secondary N) is 2. The van der Waals surface area contributed by atoms with Gasteiger partial charge in [-0.25, -0.2) is 9.97 Å². The van der Waals surface area contributed by atoms with Gasteiger partial charge in [0.05, 0.1) is 12.7 Å². The molecule has 0 atom stereocenters. The molecule has 2 rings (SSSR count). The fourth-order valence-electron chi connectivity index (χ4n) is 0.430. The zero-order chi connectivity index (χ0) is 7.07. The van der Waals surface area contributed by atoms with Gasteiger partial charge in [0.15, 0.2) is 0 Å². The molecule has 0 fully saturated rings. The van der Waals surface area contributed by atoms with Gasteiger partial charge in [0.2, 0.25) is 0 Å². The van der Waals surface area contributed by atoms with Gasteiger partial charge >= 0.3 is 0 Å². The summed E-state index contributed by atoms with van der Waals surface area (Å²) in [6.07, 6.45) is 10.2. The summed E-state index contributed by atoms with van der Waals surface area (Å²) in [5.74, 6) is 0. The molecule has 4 nitrogen and oxygen atoms in total. The zero-order valence-electron chi connectivity index (χ0n) is 6.36. The van der Waals surface area contributed by atoms with Gasteiger partial charge < -0.3 is 9.97 Å². The minimum atomic E-state index is 0. The SMILES string of the molecule is [Na].c1c[nH]cn1.c1c[nH]cn1. The predicted molar refractivity (Wildman–Crippen MR) is 42.9 cm³/mol. The van der Waals surface area contributed by atoms with Crippen LogP contribution in [0.25, 0.3) is 0 Å². The third kappa shape index (κ3) is 5.84. The molecule has 2 aromatic heterocycles. The van der Waals surface area contributed by atoms with Gasteiger partial charge in [-0.3, -0.25) is 0 Å². The molecule has 0 bridgehead atoms. The van der Waals surface area contributed by atoms with Crippen molar-refractivity contribution in [3.05, 3.63) is 37.4 Å². The third-order valence-electron chi connectivity index (χ3n) is 0.812. The first kappa shape index (κ1) is 10.4. The third-order valence-corrected chi connectivity index (χ3v) is 0.812. The number of aromatic nitrogens is 4. The van der Waals surface area contributed by atoms with Crippen molar-refractivity contribution in [2.45, 2.75) is 0 Å². The number of hydrogen-bond acceptors (Lipinski definition) is 2. The van der Waals surface area contributed by atoms with E-state index in [1.54, 1.807) is 37.4 Å². The van der Waals surface area contributed by atoms with Crippen molar-refractivity contribution < 1.29 is 0 Å². The van der Waals surface area contributed by atoms with Crippen LogP contribution in [0.1, 0.15) is 0 Å². The van der Waals surface area contributed by atoms with Gasteiger partial charge in [-0.2, -0.15) is 0 Å². The molecule has 2 aromatic rings. The first-order chi connectivity index (χ1) is 5.00. The Morgan fingerprint density at radius 1 is 0.818 bits per heavy atom. The Bertz CT molecular complexity index is 154. The summed E-state index contributed by atoms with van der Waals surface area (Å²) in [6.45, 7) is 0. The molecule has 1 radical (unpaired) electrons. The van der Waals surface area contributed by atoms with Crippen LogP contribution in [0.4, 0.5) is 0 Å². The van der Waals surface area contributed by atoms with Gasteiger partial charge in [-0.15, -0.1) is 0 Å². The number of nitrogens with zero attached hydrogens (tertiary/aromatic N) is 2. The average Bonchev–Trinajstić information content (AvgIpc) is 2.67. The van der Waals surface area contributed by atoms with E-state index in [-0.39, 0.29) is 29.6 Å². The van der Waals surface area contributed by atoms with Crippen molar-refractivity contribution in [3.8, 4) is 0 Å². The molecule has 53 valence electrons. The molecule has 11 heavy (non-hydrogen) atoms. The van der Waals surface area contributed by atoms with Crippen molar-refractivity contribution in [1.29, 1.82) is 0 Å². The Morgan fingerprint density at radius 2 is 1.27 bits per heavy atom. The van der Waals surface area contributed by atoms with Crippen molar-refractivity contribution >= 4 is 29.6 Å². The van der Waals surface area contributed by atoms with E-state index in [1.807, 2.05) is 0 Å². The van der Waals surface area contributed by atoms with Gasteiger partial charge in [-0.1, -0.05) is 0 Å². The van der Waals surface area contributed by atoms with E-state index >= 15 is 0 Å². The number of aromatic amines is 2. The fraction of sp³-hybridized carbons (Fsp3) is 0. The topological polar surface area (TPSA) is 57.4 Å². The molecular weight excluding hydrogens is 151 g/mol. The van der Waals surface area contributed by atoms with E-state index in [0.29, 0.717) is 0 Å². The summed E-state index contributed by atoms with van der Waals surface area (Å²) in [5, 5.41) is 0. The summed E-state index contributed by atoms with van der Waals surface area (Å²) < 4.78 is 0. The van der Waals surface area contributed by atoms with Crippen molar-refractivity contribution in [1.82, 2.24) is 19.9 Å². The molecule has 0 aliphatic carbocycles. The normalized spacial score (nSPS) is 7.27. The van der Waals surface area contributed by atoms with Gasteiger partial charge in [-0.05, 0) is 0 Å². The molecular formula is C6H8N4Na. The van der Waals surface area contributed by atoms with E-state index in [9.17, 15) is 0 Å². The van der Waals surface area contributed by atoms with Crippen LogP contribution in [0, 0.1) is 0 Å². The molecule has 0 saturated carbocycles. The standard InChI is InChI=1S/2C3H4N2.Na/c2*1-2-5-3-4-1;/h2*1-3H,(H,4,5);. The minimum Gasteiger partial charge on any atom is -0.351 e. The maximum atomic E-state index is 3.67. The van der Waals surface area contributed by atoms with Crippen LogP contribution in [0.5, 0.6) is 0 Å². The second kappa shape index (κ2) is 7.53. The van der Waals surface area contributed by atoms with Crippen molar-refractivity contribution in [3.63, 3.8) is 0 Å². The molecule has 2 heterocycles. The summed E-state index contributed by atoms with van der Waals surface area (Å²) >= 11 is 0.